The fraction of sp³-hybridized carbons (Fsp3) is 0.320. The second kappa shape index (κ2) is 7.82. The lowest BCUT2D eigenvalue weighted by atomic mass is 10.00. The third kappa shape index (κ3) is 3.98. The standard InChI is InChI=1S/C25H28N4O3/c1-16-8-7-9-18(12-16)23-19(14-26-29(23)15-22(30)32-25(2,3)4)17-10-11-20-21(13-17)28(6)24(31)27(20)5/h7-14H,15H2,1-6H3. The number of carbonyl (C=O) groups is 1. The molecule has 0 N–H and O–H groups in total. The van der Waals surface area contributed by atoms with Gasteiger partial charge in [0.15, 0.2) is 0 Å². The van der Waals surface area contributed by atoms with Crippen molar-refractivity contribution in [2.75, 3.05) is 0 Å². The van der Waals surface area contributed by atoms with Crippen LogP contribution in [0.1, 0.15) is 26.3 Å². The second-order valence-corrected chi connectivity index (χ2v) is 9.12. The van der Waals surface area contributed by atoms with Gasteiger partial charge in [0, 0.05) is 25.2 Å². The summed E-state index contributed by atoms with van der Waals surface area (Å²) >= 11 is 0. The Hall–Kier alpha value is -3.61. The van der Waals surface area contributed by atoms with Gasteiger partial charge in [-0.3, -0.25) is 18.6 Å². The highest BCUT2D eigenvalue weighted by Crippen LogP contribution is 2.34. The molecule has 2 aromatic carbocycles. The Morgan fingerprint density at radius 3 is 2.41 bits per heavy atom. The number of fused-ring (bicyclic) bond motifs is 1. The fourth-order valence-corrected chi connectivity index (χ4v) is 3.98. The summed E-state index contributed by atoms with van der Waals surface area (Å²) in [4.78, 5) is 24.9. The Bertz CT molecular complexity index is 1380. The first-order chi connectivity index (χ1) is 15.0. The number of hydrogen-bond donors (Lipinski definition) is 0. The van der Waals surface area contributed by atoms with E-state index in [1.165, 1.54) is 0 Å². The number of rotatable bonds is 4. The lowest BCUT2D eigenvalue weighted by Crippen LogP contribution is -2.27. The first-order valence-electron chi connectivity index (χ1n) is 10.6. The second-order valence-electron chi connectivity index (χ2n) is 9.12. The number of imidazole rings is 1. The smallest absolute Gasteiger partial charge is 0.328 e. The number of nitrogens with zero attached hydrogens (tertiary/aromatic N) is 4. The Morgan fingerprint density at radius 1 is 1.00 bits per heavy atom. The highest BCUT2D eigenvalue weighted by Gasteiger charge is 2.21. The number of aryl methyl sites for hydroxylation is 3. The van der Waals surface area contributed by atoms with Gasteiger partial charge in [0.05, 0.1) is 22.9 Å². The van der Waals surface area contributed by atoms with E-state index in [0.717, 1.165) is 39.0 Å². The molecule has 2 aromatic heterocycles. The van der Waals surface area contributed by atoms with Gasteiger partial charge in [0.25, 0.3) is 0 Å². The van der Waals surface area contributed by atoms with Crippen molar-refractivity contribution in [3.05, 3.63) is 64.7 Å². The maximum absolute atomic E-state index is 12.6. The van der Waals surface area contributed by atoms with Gasteiger partial charge in [-0.15, -0.1) is 0 Å². The molecule has 0 saturated heterocycles. The Morgan fingerprint density at radius 2 is 1.72 bits per heavy atom. The maximum atomic E-state index is 12.6. The summed E-state index contributed by atoms with van der Waals surface area (Å²) in [7, 11) is 3.53. The summed E-state index contributed by atoms with van der Waals surface area (Å²) in [6, 6.07) is 14.0. The number of carbonyl (C=O) groups excluding carboxylic acids is 1. The van der Waals surface area contributed by atoms with Crippen molar-refractivity contribution in [3.8, 4) is 22.4 Å². The van der Waals surface area contributed by atoms with Gasteiger partial charge in [-0.05, 0) is 51.5 Å². The minimum absolute atomic E-state index is 0.00656. The molecule has 0 radical (unpaired) electrons. The van der Waals surface area contributed by atoms with E-state index in [4.69, 9.17) is 4.74 Å². The van der Waals surface area contributed by atoms with Gasteiger partial charge in [-0.2, -0.15) is 5.10 Å². The Balaban J connectivity index is 1.87. The average molecular weight is 433 g/mol. The molecule has 0 bridgehead atoms. The van der Waals surface area contributed by atoms with Crippen LogP contribution in [-0.2, 0) is 30.2 Å². The van der Waals surface area contributed by atoms with Crippen molar-refractivity contribution in [2.24, 2.45) is 14.1 Å². The van der Waals surface area contributed by atoms with E-state index in [0.29, 0.717) is 0 Å². The van der Waals surface area contributed by atoms with Crippen molar-refractivity contribution >= 4 is 17.0 Å². The first-order valence-corrected chi connectivity index (χ1v) is 10.6. The summed E-state index contributed by atoms with van der Waals surface area (Å²) in [5.74, 6) is -0.345. The van der Waals surface area contributed by atoms with Gasteiger partial charge in [-0.1, -0.05) is 29.8 Å². The van der Waals surface area contributed by atoms with Crippen LogP contribution in [0.25, 0.3) is 33.4 Å². The number of aromatic nitrogens is 4. The van der Waals surface area contributed by atoms with E-state index in [1.54, 1.807) is 34.1 Å². The molecule has 7 heteroatoms. The largest absolute Gasteiger partial charge is 0.459 e. The zero-order valence-electron chi connectivity index (χ0n) is 19.3. The SMILES string of the molecule is Cc1cccc(-c2c(-c3ccc4c(c3)n(C)c(=O)n4C)cnn2CC(=O)OC(C)(C)C)c1. The summed E-state index contributed by atoms with van der Waals surface area (Å²) in [5, 5.41) is 4.54. The number of benzene rings is 2. The third-order valence-electron chi connectivity index (χ3n) is 5.41. The van der Waals surface area contributed by atoms with E-state index in [-0.39, 0.29) is 18.2 Å². The topological polar surface area (TPSA) is 71.0 Å². The van der Waals surface area contributed by atoms with Crippen LogP contribution in [0.3, 0.4) is 0 Å². The molecule has 0 aliphatic rings. The van der Waals surface area contributed by atoms with Gasteiger partial charge in [-0.25, -0.2) is 4.79 Å². The number of ether oxygens (including phenoxy) is 1. The molecule has 0 amide bonds. The lowest BCUT2D eigenvalue weighted by molar-refractivity contribution is -0.155. The maximum Gasteiger partial charge on any atom is 0.328 e. The van der Waals surface area contributed by atoms with Crippen molar-refractivity contribution in [2.45, 2.75) is 39.8 Å². The number of hydrogen-bond acceptors (Lipinski definition) is 4. The predicted molar refractivity (Wildman–Crippen MR) is 125 cm³/mol. The van der Waals surface area contributed by atoms with Gasteiger partial charge in [0.1, 0.15) is 12.1 Å². The molecule has 32 heavy (non-hydrogen) atoms. The molecule has 4 aromatic rings. The van der Waals surface area contributed by atoms with Crippen LogP contribution < -0.4 is 5.69 Å². The quantitative estimate of drug-likeness (QED) is 0.456. The van der Waals surface area contributed by atoms with E-state index in [1.807, 2.05) is 64.1 Å². The van der Waals surface area contributed by atoms with E-state index in [9.17, 15) is 9.59 Å². The molecule has 166 valence electrons. The summed E-state index contributed by atoms with van der Waals surface area (Å²) in [6.45, 7) is 7.58. The molecule has 0 unspecified atom stereocenters. The summed E-state index contributed by atoms with van der Waals surface area (Å²) < 4.78 is 10.5. The molecule has 2 heterocycles. The molecule has 0 aliphatic carbocycles. The Labute approximate surface area is 186 Å². The summed E-state index contributed by atoms with van der Waals surface area (Å²) in [6.07, 6.45) is 1.77. The van der Waals surface area contributed by atoms with Crippen molar-refractivity contribution in [3.63, 3.8) is 0 Å². The molecule has 0 fully saturated rings. The normalized spacial score (nSPS) is 11.8. The molecular formula is C25H28N4O3. The molecule has 4 rings (SSSR count). The van der Waals surface area contributed by atoms with Crippen LogP contribution in [0.4, 0.5) is 0 Å². The summed E-state index contributed by atoms with van der Waals surface area (Å²) in [5.41, 5.74) is 5.77. The Kier molecular flexibility index (Phi) is 5.28. The lowest BCUT2D eigenvalue weighted by Gasteiger charge is -2.20. The van der Waals surface area contributed by atoms with Gasteiger partial charge >= 0.3 is 11.7 Å². The third-order valence-corrected chi connectivity index (χ3v) is 5.41. The van der Waals surface area contributed by atoms with Gasteiger partial charge < -0.3 is 4.74 Å². The van der Waals surface area contributed by atoms with Crippen LogP contribution in [0.2, 0.25) is 0 Å². The monoisotopic (exact) mass is 432 g/mol. The molecule has 0 spiro atoms. The van der Waals surface area contributed by atoms with Crippen LogP contribution in [0.15, 0.2) is 53.5 Å². The molecule has 7 nitrogen and oxygen atoms in total. The molecule has 0 atom stereocenters. The fourth-order valence-electron chi connectivity index (χ4n) is 3.98. The minimum Gasteiger partial charge on any atom is -0.459 e. The van der Waals surface area contributed by atoms with Crippen LogP contribution in [0.5, 0.6) is 0 Å². The average Bonchev–Trinajstić information content (AvgIpc) is 3.21. The van der Waals surface area contributed by atoms with E-state index in [2.05, 4.69) is 11.2 Å². The van der Waals surface area contributed by atoms with Crippen molar-refractivity contribution in [1.82, 2.24) is 18.9 Å². The minimum atomic E-state index is -0.570. The van der Waals surface area contributed by atoms with E-state index >= 15 is 0 Å². The van der Waals surface area contributed by atoms with E-state index < -0.39 is 5.60 Å². The molecular weight excluding hydrogens is 404 g/mol. The highest BCUT2D eigenvalue weighted by molar-refractivity contribution is 5.88. The van der Waals surface area contributed by atoms with Crippen LogP contribution in [0, 0.1) is 6.92 Å². The zero-order chi connectivity index (χ0) is 23.2. The molecule has 0 saturated carbocycles. The van der Waals surface area contributed by atoms with Gasteiger partial charge in [0.2, 0.25) is 0 Å². The predicted octanol–water partition coefficient (Wildman–Crippen LogP) is 4.06. The van der Waals surface area contributed by atoms with Crippen molar-refractivity contribution in [1.29, 1.82) is 0 Å². The molecule has 0 aliphatic heterocycles. The van der Waals surface area contributed by atoms with Crippen molar-refractivity contribution < 1.29 is 9.53 Å². The first kappa shape index (κ1) is 21.6. The van der Waals surface area contributed by atoms with Crippen LogP contribution >= 0.6 is 0 Å². The van der Waals surface area contributed by atoms with Crippen LogP contribution in [-0.4, -0.2) is 30.5 Å². The highest BCUT2D eigenvalue weighted by atomic mass is 16.6. The zero-order valence-corrected chi connectivity index (χ0v) is 19.3. The number of esters is 1.